The first-order valence-corrected chi connectivity index (χ1v) is 6.89. The fourth-order valence-corrected chi connectivity index (χ4v) is 2.58. The molecule has 0 N–H and O–H groups in total. The number of aromatic nitrogens is 3. The SMILES string of the molecule is CCCCSc1nnc(-c2ccccc2)n1C. The standard InChI is InChI=1S/C13H17N3S/c1-3-4-10-17-13-15-14-12(16(13)2)11-8-6-5-7-9-11/h5-9H,3-4,10H2,1-2H3. The van der Waals surface area contributed by atoms with Crippen LogP contribution < -0.4 is 0 Å². The van der Waals surface area contributed by atoms with Gasteiger partial charge in [0.2, 0.25) is 0 Å². The van der Waals surface area contributed by atoms with Gasteiger partial charge in [-0.05, 0) is 6.42 Å². The van der Waals surface area contributed by atoms with Gasteiger partial charge >= 0.3 is 0 Å². The van der Waals surface area contributed by atoms with Crippen molar-refractivity contribution in [3.05, 3.63) is 30.3 Å². The summed E-state index contributed by atoms with van der Waals surface area (Å²) in [7, 11) is 2.02. The first-order chi connectivity index (χ1) is 8.33. The number of benzene rings is 1. The largest absolute Gasteiger partial charge is 0.305 e. The fraction of sp³-hybridized carbons (Fsp3) is 0.385. The quantitative estimate of drug-likeness (QED) is 0.599. The van der Waals surface area contributed by atoms with Gasteiger partial charge in [-0.1, -0.05) is 55.4 Å². The molecular formula is C13H17N3S. The zero-order valence-corrected chi connectivity index (χ0v) is 11.1. The van der Waals surface area contributed by atoms with E-state index < -0.39 is 0 Å². The topological polar surface area (TPSA) is 30.7 Å². The zero-order chi connectivity index (χ0) is 12.1. The summed E-state index contributed by atoms with van der Waals surface area (Å²) >= 11 is 1.78. The number of unbranched alkanes of at least 4 members (excludes halogenated alkanes) is 1. The molecule has 3 nitrogen and oxygen atoms in total. The van der Waals surface area contributed by atoms with Crippen molar-refractivity contribution in [2.75, 3.05) is 5.75 Å². The lowest BCUT2D eigenvalue weighted by atomic mass is 10.2. The molecule has 0 saturated heterocycles. The Hall–Kier alpha value is -1.29. The Kier molecular flexibility index (Phi) is 4.20. The number of hydrogen-bond donors (Lipinski definition) is 0. The average molecular weight is 247 g/mol. The van der Waals surface area contributed by atoms with Gasteiger partial charge in [0.1, 0.15) is 0 Å². The van der Waals surface area contributed by atoms with Gasteiger partial charge in [-0.15, -0.1) is 10.2 Å². The summed E-state index contributed by atoms with van der Waals surface area (Å²) in [5.41, 5.74) is 1.12. The van der Waals surface area contributed by atoms with Crippen molar-refractivity contribution >= 4 is 11.8 Å². The molecule has 0 bridgehead atoms. The minimum Gasteiger partial charge on any atom is -0.305 e. The lowest BCUT2D eigenvalue weighted by Crippen LogP contribution is -1.95. The van der Waals surface area contributed by atoms with Crippen molar-refractivity contribution in [3.63, 3.8) is 0 Å². The van der Waals surface area contributed by atoms with Crippen LogP contribution in [0.25, 0.3) is 11.4 Å². The van der Waals surface area contributed by atoms with Crippen molar-refractivity contribution in [1.82, 2.24) is 14.8 Å². The van der Waals surface area contributed by atoms with E-state index in [1.54, 1.807) is 11.8 Å². The maximum Gasteiger partial charge on any atom is 0.191 e. The summed E-state index contributed by atoms with van der Waals surface area (Å²) in [6, 6.07) is 10.2. The number of nitrogens with zero attached hydrogens (tertiary/aromatic N) is 3. The molecule has 0 aliphatic rings. The second-order valence-electron chi connectivity index (χ2n) is 3.93. The van der Waals surface area contributed by atoms with Crippen molar-refractivity contribution < 1.29 is 0 Å². The van der Waals surface area contributed by atoms with Gasteiger partial charge in [0.05, 0.1) is 0 Å². The lowest BCUT2D eigenvalue weighted by Gasteiger charge is -2.03. The lowest BCUT2D eigenvalue weighted by molar-refractivity contribution is 0.790. The highest BCUT2D eigenvalue weighted by Crippen LogP contribution is 2.22. The third-order valence-corrected chi connectivity index (χ3v) is 3.70. The van der Waals surface area contributed by atoms with Gasteiger partial charge in [0.25, 0.3) is 0 Å². The number of hydrogen-bond acceptors (Lipinski definition) is 3. The van der Waals surface area contributed by atoms with Crippen molar-refractivity contribution in [1.29, 1.82) is 0 Å². The summed E-state index contributed by atoms with van der Waals surface area (Å²) in [5, 5.41) is 9.49. The second kappa shape index (κ2) is 5.87. The molecule has 4 heteroatoms. The monoisotopic (exact) mass is 247 g/mol. The molecule has 17 heavy (non-hydrogen) atoms. The average Bonchev–Trinajstić information content (AvgIpc) is 2.73. The normalized spacial score (nSPS) is 10.7. The molecule has 90 valence electrons. The number of rotatable bonds is 5. The highest BCUT2D eigenvalue weighted by atomic mass is 32.2. The van der Waals surface area contributed by atoms with Crippen LogP contribution in [0.4, 0.5) is 0 Å². The Labute approximate surface area is 106 Å². The minimum atomic E-state index is 0.935. The Bertz CT molecular complexity index is 465. The van der Waals surface area contributed by atoms with Crippen LogP contribution in [-0.4, -0.2) is 20.5 Å². The summed E-state index contributed by atoms with van der Waals surface area (Å²) in [6.07, 6.45) is 2.44. The molecule has 0 amide bonds. The van der Waals surface area contributed by atoms with E-state index in [2.05, 4.69) is 33.8 Å². The van der Waals surface area contributed by atoms with Crippen LogP contribution in [-0.2, 0) is 7.05 Å². The van der Waals surface area contributed by atoms with Gasteiger partial charge in [0, 0.05) is 18.4 Å². The Morgan fingerprint density at radius 2 is 1.94 bits per heavy atom. The van der Waals surface area contributed by atoms with Crippen LogP contribution >= 0.6 is 11.8 Å². The highest BCUT2D eigenvalue weighted by Gasteiger charge is 2.09. The van der Waals surface area contributed by atoms with Crippen LogP contribution in [0, 0.1) is 0 Å². The molecule has 0 atom stereocenters. The molecule has 0 saturated carbocycles. The van der Waals surface area contributed by atoms with E-state index in [1.807, 2.05) is 25.2 Å². The molecule has 2 rings (SSSR count). The summed E-state index contributed by atoms with van der Waals surface area (Å²) in [6.45, 7) is 2.20. The predicted molar refractivity (Wildman–Crippen MR) is 72.1 cm³/mol. The van der Waals surface area contributed by atoms with Gasteiger partial charge in [0.15, 0.2) is 11.0 Å². The van der Waals surface area contributed by atoms with Gasteiger partial charge < -0.3 is 4.57 Å². The Balaban J connectivity index is 2.15. The third kappa shape index (κ3) is 2.88. The van der Waals surface area contributed by atoms with E-state index in [1.165, 1.54) is 12.8 Å². The maximum atomic E-state index is 4.26. The highest BCUT2D eigenvalue weighted by molar-refractivity contribution is 7.99. The van der Waals surface area contributed by atoms with E-state index in [0.29, 0.717) is 0 Å². The van der Waals surface area contributed by atoms with Crippen LogP contribution in [0.5, 0.6) is 0 Å². The molecule has 0 radical (unpaired) electrons. The van der Waals surface area contributed by atoms with Gasteiger partial charge in [-0.2, -0.15) is 0 Å². The van der Waals surface area contributed by atoms with Crippen LogP contribution in [0.3, 0.4) is 0 Å². The van der Waals surface area contributed by atoms with E-state index >= 15 is 0 Å². The molecule has 0 fully saturated rings. The second-order valence-corrected chi connectivity index (χ2v) is 5.00. The minimum absolute atomic E-state index is 0.935. The molecular weight excluding hydrogens is 230 g/mol. The molecule has 0 spiro atoms. The summed E-state index contributed by atoms with van der Waals surface area (Å²) in [5.74, 6) is 2.04. The Morgan fingerprint density at radius 3 is 2.65 bits per heavy atom. The summed E-state index contributed by atoms with van der Waals surface area (Å²) < 4.78 is 2.07. The smallest absolute Gasteiger partial charge is 0.191 e. The number of thioether (sulfide) groups is 1. The molecule has 1 heterocycles. The molecule has 1 aromatic carbocycles. The Morgan fingerprint density at radius 1 is 1.18 bits per heavy atom. The third-order valence-electron chi connectivity index (χ3n) is 2.60. The fourth-order valence-electron chi connectivity index (χ4n) is 1.59. The molecule has 0 aliphatic heterocycles. The molecule has 1 aromatic heterocycles. The first kappa shape index (κ1) is 12.2. The van der Waals surface area contributed by atoms with Gasteiger partial charge in [-0.25, -0.2) is 0 Å². The van der Waals surface area contributed by atoms with E-state index in [0.717, 1.165) is 22.3 Å². The van der Waals surface area contributed by atoms with E-state index in [4.69, 9.17) is 0 Å². The van der Waals surface area contributed by atoms with Crippen LogP contribution in [0.15, 0.2) is 35.5 Å². The molecule has 0 unspecified atom stereocenters. The first-order valence-electron chi connectivity index (χ1n) is 5.90. The van der Waals surface area contributed by atoms with Crippen LogP contribution in [0.2, 0.25) is 0 Å². The predicted octanol–water partition coefficient (Wildman–Crippen LogP) is 3.37. The van der Waals surface area contributed by atoms with Crippen molar-refractivity contribution in [2.45, 2.75) is 24.9 Å². The van der Waals surface area contributed by atoms with E-state index in [9.17, 15) is 0 Å². The molecule has 0 aliphatic carbocycles. The van der Waals surface area contributed by atoms with E-state index in [-0.39, 0.29) is 0 Å². The van der Waals surface area contributed by atoms with Gasteiger partial charge in [-0.3, -0.25) is 0 Å². The van der Waals surface area contributed by atoms with Crippen LogP contribution in [0.1, 0.15) is 19.8 Å². The summed E-state index contributed by atoms with van der Waals surface area (Å²) in [4.78, 5) is 0. The maximum absolute atomic E-state index is 4.26. The van der Waals surface area contributed by atoms with Crippen molar-refractivity contribution in [2.24, 2.45) is 7.05 Å². The van der Waals surface area contributed by atoms with Crippen molar-refractivity contribution in [3.8, 4) is 11.4 Å². The zero-order valence-electron chi connectivity index (χ0n) is 10.3. The molecule has 2 aromatic rings.